The summed E-state index contributed by atoms with van der Waals surface area (Å²) in [4.78, 5) is 2.38. The van der Waals surface area contributed by atoms with Gasteiger partial charge in [0.1, 0.15) is 11.6 Å². The first-order chi connectivity index (χ1) is 11.1. The zero-order valence-corrected chi connectivity index (χ0v) is 14.5. The summed E-state index contributed by atoms with van der Waals surface area (Å²) in [7, 11) is -2.89. The molecule has 0 aromatic carbocycles. The topological polar surface area (TPSA) is 68.1 Å². The maximum Gasteiger partial charge on any atom is 0.151 e. The highest BCUT2D eigenvalue weighted by atomic mass is 32.2. The van der Waals surface area contributed by atoms with Crippen molar-refractivity contribution in [2.24, 2.45) is 5.92 Å². The normalized spacial score (nSPS) is 28.8. The molecule has 128 valence electrons. The van der Waals surface area contributed by atoms with Gasteiger partial charge in [-0.3, -0.25) is 4.90 Å². The zero-order valence-electron chi connectivity index (χ0n) is 13.7. The van der Waals surface area contributed by atoms with E-state index in [1.54, 1.807) is 0 Å². The Hall–Kier alpha value is -0.950. The predicted molar refractivity (Wildman–Crippen MR) is 87.8 cm³/mol. The molecule has 1 aliphatic carbocycles. The minimum Gasteiger partial charge on any atom is -0.314 e. The number of fused-ring (bicyclic) bond motifs is 1. The molecular weight excluding hydrogens is 312 g/mol. The van der Waals surface area contributed by atoms with E-state index in [9.17, 15) is 8.42 Å². The van der Waals surface area contributed by atoms with Crippen LogP contribution in [0.25, 0.3) is 0 Å². The van der Waals surface area contributed by atoms with Crippen molar-refractivity contribution in [3.05, 3.63) is 11.6 Å². The fraction of sp³-hybridized carbons (Fsp3) is 0.875. The maximum absolute atomic E-state index is 12.2. The van der Waals surface area contributed by atoms with E-state index >= 15 is 0 Å². The van der Waals surface area contributed by atoms with Crippen molar-refractivity contribution >= 4 is 9.84 Å². The van der Waals surface area contributed by atoms with Gasteiger partial charge in [0.2, 0.25) is 0 Å². The van der Waals surface area contributed by atoms with Gasteiger partial charge in [-0.05, 0) is 44.6 Å². The Morgan fingerprint density at radius 2 is 1.91 bits per heavy atom. The van der Waals surface area contributed by atoms with E-state index in [4.69, 9.17) is 0 Å². The smallest absolute Gasteiger partial charge is 0.151 e. The van der Waals surface area contributed by atoms with Crippen molar-refractivity contribution in [1.82, 2.24) is 19.7 Å². The third-order valence-corrected chi connectivity index (χ3v) is 7.25. The van der Waals surface area contributed by atoms with E-state index in [-0.39, 0.29) is 6.04 Å². The lowest BCUT2D eigenvalue weighted by atomic mass is 10.1. The molecule has 1 saturated carbocycles. The second kappa shape index (κ2) is 6.16. The van der Waals surface area contributed by atoms with Gasteiger partial charge in [0, 0.05) is 19.0 Å². The van der Waals surface area contributed by atoms with Crippen LogP contribution in [-0.4, -0.2) is 52.2 Å². The molecule has 1 saturated heterocycles. The number of rotatable bonds is 3. The van der Waals surface area contributed by atoms with Gasteiger partial charge < -0.3 is 4.57 Å². The maximum atomic E-state index is 12.2. The summed E-state index contributed by atoms with van der Waals surface area (Å²) in [5.41, 5.74) is 0. The standard InChI is InChI=1S/C16H26N4O2S/c21-23(22)10-4-8-19(14(12-23)13-6-7-13)11-16-18-17-15-5-2-1-3-9-20(15)16/h13-14H,1-12H2. The third kappa shape index (κ3) is 3.45. The highest BCUT2D eigenvalue weighted by Gasteiger charge is 2.40. The molecule has 0 radical (unpaired) electrons. The molecule has 0 bridgehead atoms. The molecule has 3 heterocycles. The summed E-state index contributed by atoms with van der Waals surface area (Å²) in [5, 5.41) is 8.82. The van der Waals surface area contributed by atoms with Gasteiger partial charge in [-0.1, -0.05) is 6.42 Å². The summed E-state index contributed by atoms with van der Waals surface area (Å²) in [6, 6.07) is 0.182. The van der Waals surface area contributed by atoms with Crippen molar-refractivity contribution < 1.29 is 8.42 Å². The van der Waals surface area contributed by atoms with Crippen molar-refractivity contribution in [1.29, 1.82) is 0 Å². The first kappa shape index (κ1) is 15.6. The van der Waals surface area contributed by atoms with Gasteiger partial charge in [0.15, 0.2) is 9.84 Å². The molecule has 4 rings (SSSR count). The largest absolute Gasteiger partial charge is 0.314 e. The minimum absolute atomic E-state index is 0.182. The highest BCUT2D eigenvalue weighted by molar-refractivity contribution is 7.91. The van der Waals surface area contributed by atoms with Crippen molar-refractivity contribution in [2.75, 3.05) is 18.1 Å². The summed E-state index contributed by atoms with van der Waals surface area (Å²) in [5.74, 6) is 3.38. The van der Waals surface area contributed by atoms with E-state index in [1.165, 1.54) is 32.1 Å². The molecule has 1 atom stereocenters. The Bertz CT molecular complexity index is 666. The van der Waals surface area contributed by atoms with Gasteiger partial charge in [0.05, 0.1) is 18.1 Å². The number of aromatic nitrogens is 3. The average Bonchev–Trinajstić information content (AvgIpc) is 3.31. The Morgan fingerprint density at radius 3 is 2.74 bits per heavy atom. The number of aryl methyl sites for hydroxylation is 1. The lowest BCUT2D eigenvalue weighted by Crippen LogP contribution is -2.40. The molecule has 6 nitrogen and oxygen atoms in total. The summed E-state index contributed by atoms with van der Waals surface area (Å²) >= 11 is 0. The van der Waals surface area contributed by atoms with E-state index in [0.29, 0.717) is 17.4 Å². The van der Waals surface area contributed by atoms with E-state index in [2.05, 4.69) is 19.7 Å². The van der Waals surface area contributed by atoms with Gasteiger partial charge in [-0.15, -0.1) is 10.2 Å². The summed E-state index contributed by atoms with van der Waals surface area (Å²) in [6.07, 6.45) is 7.77. The number of sulfone groups is 1. The molecule has 1 aromatic heterocycles. The zero-order chi connectivity index (χ0) is 15.9. The molecule has 2 aliphatic heterocycles. The molecule has 1 aromatic rings. The number of nitrogens with zero attached hydrogens (tertiary/aromatic N) is 4. The van der Waals surface area contributed by atoms with E-state index in [1.807, 2.05) is 0 Å². The molecule has 0 N–H and O–H groups in total. The summed E-state index contributed by atoms with van der Waals surface area (Å²) in [6.45, 7) is 2.63. The molecule has 23 heavy (non-hydrogen) atoms. The van der Waals surface area contributed by atoms with Crippen molar-refractivity contribution in [3.8, 4) is 0 Å². The molecule has 1 unspecified atom stereocenters. The van der Waals surface area contributed by atoms with Crippen LogP contribution in [0, 0.1) is 5.92 Å². The monoisotopic (exact) mass is 338 g/mol. The molecule has 3 aliphatic rings. The van der Waals surface area contributed by atoms with Crippen LogP contribution in [0.1, 0.15) is 50.2 Å². The van der Waals surface area contributed by atoms with E-state index in [0.717, 1.165) is 44.1 Å². The van der Waals surface area contributed by atoms with Crippen LogP contribution < -0.4 is 0 Å². The van der Waals surface area contributed by atoms with Crippen LogP contribution >= 0.6 is 0 Å². The first-order valence-electron chi connectivity index (χ1n) is 8.98. The van der Waals surface area contributed by atoms with E-state index < -0.39 is 9.84 Å². The van der Waals surface area contributed by atoms with Gasteiger partial charge in [0.25, 0.3) is 0 Å². The van der Waals surface area contributed by atoms with Gasteiger partial charge in [-0.25, -0.2) is 8.42 Å². The molecular formula is C16H26N4O2S. The van der Waals surface area contributed by atoms with Crippen LogP contribution in [0.2, 0.25) is 0 Å². The Morgan fingerprint density at radius 1 is 1.04 bits per heavy atom. The number of hydrogen-bond acceptors (Lipinski definition) is 5. The van der Waals surface area contributed by atoms with Crippen LogP contribution in [0.4, 0.5) is 0 Å². The Labute approximate surface area is 138 Å². The van der Waals surface area contributed by atoms with Crippen LogP contribution in [-0.2, 0) is 29.3 Å². The fourth-order valence-corrected chi connectivity index (χ4v) is 5.80. The summed E-state index contributed by atoms with van der Waals surface area (Å²) < 4.78 is 26.6. The molecule has 0 amide bonds. The predicted octanol–water partition coefficient (Wildman–Crippen LogP) is 1.40. The van der Waals surface area contributed by atoms with Gasteiger partial charge >= 0.3 is 0 Å². The SMILES string of the molecule is O=S1(=O)CCCN(Cc2nnc3n2CCCCC3)C(C2CC2)C1. The number of hydrogen-bond donors (Lipinski definition) is 0. The van der Waals surface area contributed by atoms with Crippen LogP contribution in [0.15, 0.2) is 0 Å². The first-order valence-corrected chi connectivity index (χ1v) is 10.8. The lowest BCUT2D eigenvalue weighted by molar-refractivity contribution is 0.180. The minimum atomic E-state index is -2.89. The quantitative estimate of drug-likeness (QED) is 0.833. The van der Waals surface area contributed by atoms with Crippen LogP contribution in [0.5, 0.6) is 0 Å². The third-order valence-electron chi connectivity index (χ3n) is 5.49. The van der Waals surface area contributed by atoms with Gasteiger partial charge in [-0.2, -0.15) is 0 Å². The van der Waals surface area contributed by atoms with Crippen molar-refractivity contribution in [2.45, 2.75) is 64.1 Å². The molecule has 2 fully saturated rings. The molecule has 7 heteroatoms. The molecule has 0 spiro atoms. The second-order valence-corrected chi connectivity index (χ2v) is 9.57. The lowest BCUT2D eigenvalue weighted by Gasteiger charge is -2.29. The Balaban J connectivity index is 1.56. The fourth-order valence-electron chi connectivity index (χ4n) is 4.06. The second-order valence-electron chi connectivity index (χ2n) is 7.34. The van der Waals surface area contributed by atoms with Crippen molar-refractivity contribution in [3.63, 3.8) is 0 Å². The Kier molecular flexibility index (Phi) is 4.17. The van der Waals surface area contributed by atoms with Crippen LogP contribution in [0.3, 0.4) is 0 Å². The average molecular weight is 338 g/mol. The highest BCUT2D eigenvalue weighted by Crippen LogP contribution is 2.37.